The van der Waals surface area contributed by atoms with Gasteiger partial charge in [0.1, 0.15) is 11.5 Å². The molecule has 0 saturated heterocycles. The van der Waals surface area contributed by atoms with Crippen LogP contribution in [0.5, 0.6) is 11.5 Å². The summed E-state index contributed by atoms with van der Waals surface area (Å²) in [4.78, 5) is 11.9. The van der Waals surface area contributed by atoms with Gasteiger partial charge in [-0.15, -0.1) is 0 Å². The highest BCUT2D eigenvalue weighted by atomic mass is 79.9. The maximum absolute atomic E-state index is 11.9. The quantitative estimate of drug-likeness (QED) is 0.484. The Bertz CT molecular complexity index is 858. The summed E-state index contributed by atoms with van der Waals surface area (Å²) in [5, 5.41) is 2.14. The topological polar surface area (TPSA) is 35.5 Å². The molecule has 3 rings (SSSR count). The van der Waals surface area contributed by atoms with Crippen molar-refractivity contribution in [1.29, 1.82) is 0 Å². The van der Waals surface area contributed by atoms with Crippen LogP contribution in [0.4, 0.5) is 0 Å². The summed E-state index contributed by atoms with van der Waals surface area (Å²) in [5.74, 6) is 0.705. The molecular formula is C19H15BrO3. The van der Waals surface area contributed by atoms with Crippen LogP contribution in [0.25, 0.3) is 10.8 Å². The first kappa shape index (κ1) is 15.6. The summed E-state index contributed by atoms with van der Waals surface area (Å²) in [6, 6.07) is 19.1. The van der Waals surface area contributed by atoms with E-state index in [0.717, 1.165) is 20.8 Å². The Balaban J connectivity index is 1.68. The monoisotopic (exact) mass is 370 g/mol. The molecule has 0 heterocycles. The molecule has 0 amide bonds. The molecule has 23 heavy (non-hydrogen) atoms. The molecule has 3 aromatic carbocycles. The molecule has 4 heteroatoms. The summed E-state index contributed by atoms with van der Waals surface area (Å²) in [7, 11) is 0. The lowest BCUT2D eigenvalue weighted by atomic mass is 10.1. The van der Waals surface area contributed by atoms with Gasteiger partial charge >= 0.3 is 5.97 Å². The maximum atomic E-state index is 11.9. The van der Waals surface area contributed by atoms with E-state index in [1.165, 1.54) is 0 Å². The van der Waals surface area contributed by atoms with Crippen molar-refractivity contribution in [2.45, 2.75) is 6.92 Å². The number of fused-ring (bicyclic) bond motifs is 1. The Labute approximate surface area is 143 Å². The molecule has 0 spiro atoms. The van der Waals surface area contributed by atoms with E-state index in [-0.39, 0.29) is 6.61 Å². The average Bonchev–Trinajstić information content (AvgIpc) is 2.54. The van der Waals surface area contributed by atoms with Gasteiger partial charge in [0.2, 0.25) is 0 Å². The molecule has 0 aliphatic carbocycles. The first-order valence-corrected chi connectivity index (χ1v) is 8.00. The first-order chi connectivity index (χ1) is 11.1. The minimum absolute atomic E-state index is 0.148. The molecule has 0 aliphatic heterocycles. The van der Waals surface area contributed by atoms with Gasteiger partial charge < -0.3 is 9.47 Å². The normalized spacial score (nSPS) is 10.5. The molecule has 3 nitrogen and oxygen atoms in total. The number of ether oxygens (including phenoxy) is 2. The summed E-state index contributed by atoms with van der Waals surface area (Å²) >= 11 is 3.53. The molecule has 0 unspecified atom stereocenters. The second kappa shape index (κ2) is 6.84. The largest absolute Gasteiger partial charge is 0.481 e. The van der Waals surface area contributed by atoms with Gasteiger partial charge in [-0.2, -0.15) is 0 Å². The van der Waals surface area contributed by atoms with Crippen molar-refractivity contribution in [2.24, 2.45) is 0 Å². The number of rotatable bonds is 4. The van der Waals surface area contributed by atoms with Crippen molar-refractivity contribution in [2.75, 3.05) is 6.61 Å². The molecule has 0 N–H and O–H groups in total. The van der Waals surface area contributed by atoms with E-state index in [2.05, 4.69) is 15.9 Å². The molecule has 0 fully saturated rings. The van der Waals surface area contributed by atoms with E-state index in [9.17, 15) is 4.79 Å². The molecule has 0 aliphatic rings. The van der Waals surface area contributed by atoms with Gasteiger partial charge in [0, 0.05) is 0 Å². The van der Waals surface area contributed by atoms with E-state index in [1.54, 1.807) is 6.07 Å². The molecular weight excluding hydrogens is 356 g/mol. The van der Waals surface area contributed by atoms with Crippen molar-refractivity contribution in [3.05, 3.63) is 70.7 Å². The van der Waals surface area contributed by atoms with Crippen molar-refractivity contribution < 1.29 is 14.3 Å². The minimum Gasteiger partial charge on any atom is -0.481 e. The minimum atomic E-state index is -0.435. The smallest absolute Gasteiger partial charge is 0.349 e. The predicted molar refractivity (Wildman–Crippen MR) is 94.0 cm³/mol. The lowest BCUT2D eigenvalue weighted by Gasteiger charge is -2.10. The SMILES string of the molecule is Cc1cccc(OC(=O)COc2ccc3ccccc3c2Br)c1. The van der Waals surface area contributed by atoms with Crippen LogP contribution >= 0.6 is 15.9 Å². The highest BCUT2D eigenvalue weighted by Crippen LogP contribution is 2.33. The van der Waals surface area contributed by atoms with Gasteiger partial charge in [0.15, 0.2) is 6.61 Å². The van der Waals surface area contributed by atoms with Gasteiger partial charge in [0.25, 0.3) is 0 Å². The van der Waals surface area contributed by atoms with Gasteiger partial charge in [0.05, 0.1) is 4.47 Å². The Kier molecular flexibility index (Phi) is 4.63. The standard InChI is InChI=1S/C19H15BrO3/c1-13-5-4-7-15(11-13)23-18(21)12-22-17-10-9-14-6-2-3-8-16(14)19(17)20/h2-11H,12H2,1H3. The average molecular weight is 371 g/mol. The summed E-state index contributed by atoms with van der Waals surface area (Å²) < 4.78 is 11.7. The van der Waals surface area contributed by atoms with Crippen LogP contribution in [0.15, 0.2) is 65.1 Å². The number of hydrogen-bond acceptors (Lipinski definition) is 3. The van der Waals surface area contributed by atoms with Crippen molar-refractivity contribution in [1.82, 2.24) is 0 Å². The Morgan fingerprint density at radius 2 is 1.87 bits per heavy atom. The summed E-state index contributed by atoms with van der Waals surface area (Å²) in [6.07, 6.45) is 0. The number of halogens is 1. The van der Waals surface area contributed by atoms with Crippen LogP contribution in [0.3, 0.4) is 0 Å². The van der Waals surface area contributed by atoms with Crippen LogP contribution in [-0.2, 0) is 4.79 Å². The number of esters is 1. The zero-order chi connectivity index (χ0) is 16.2. The van der Waals surface area contributed by atoms with Crippen LogP contribution in [0.2, 0.25) is 0 Å². The first-order valence-electron chi connectivity index (χ1n) is 7.21. The third-order valence-corrected chi connectivity index (χ3v) is 4.21. The molecule has 3 aromatic rings. The van der Waals surface area contributed by atoms with E-state index in [1.807, 2.05) is 61.5 Å². The lowest BCUT2D eigenvalue weighted by molar-refractivity contribution is -0.136. The van der Waals surface area contributed by atoms with Crippen molar-refractivity contribution in [3.8, 4) is 11.5 Å². The lowest BCUT2D eigenvalue weighted by Crippen LogP contribution is -2.17. The zero-order valence-electron chi connectivity index (χ0n) is 12.6. The number of benzene rings is 3. The fourth-order valence-electron chi connectivity index (χ4n) is 2.30. The fraction of sp³-hybridized carbons (Fsp3) is 0.105. The van der Waals surface area contributed by atoms with Crippen molar-refractivity contribution >= 4 is 32.7 Å². The molecule has 0 aromatic heterocycles. The third-order valence-electron chi connectivity index (χ3n) is 3.39. The Morgan fingerprint density at radius 1 is 1.04 bits per heavy atom. The highest BCUT2D eigenvalue weighted by Gasteiger charge is 2.10. The van der Waals surface area contributed by atoms with Crippen LogP contribution < -0.4 is 9.47 Å². The number of aryl methyl sites for hydroxylation is 1. The summed E-state index contributed by atoms with van der Waals surface area (Å²) in [5.41, 5.74) is 1.04. The summed E-state index contributed by atoms with van der Waals surface area (Å²) in [6.45, 7) is 1.80. The molecule has 0 bridgehead atoms. The molecule has 116 valence electrons. The molecule has 0 atom stereocenters. The van der Waals surface area contributed by atoms with E-state index >= 15 is 0 Å². The molecule has 0 saturated carbocycles. The van der Waals surface area contributed by atoms with Crippen molar-refractivity contribution in [3.63, 3.8) is 0 Å². The third kappa shape index (κ3) is 3.71. The van der Waals surface area contributed by atoms with E-state index in [0.29, 0.717) is 11.5 Å². The fourth-order valence-corrected chi connectivity index (χ4v) is 2.91. The number of carbonyl (C=O) groups excluding carboxylic acids is 1. The van der Waals surface area contributed by atoms with Gasteiger partial charge in [-0.25, -0.2) is 4.79 Å². The van der Waals surface area contributed by atoms with Crippen LogP contribution in [0.1, 0.15) is 5.56 Å². The van der Waals surface area contributed by atoms with Gasteiger partial charge in [-0.3, -0.25) is 0 Å². The van der Waals surface area contributed by atoms with Gasteiger partial charge in [-0.05, 0) is 57.4 Å². The van der Waals surface area contributed by atoms with E-state index < -0.39 is 5.97 Å². The Hall–Kier alpha value is -2.33. The number of hydrogen-bond donors (Lipinski definition) is 0. The van der Waals surface area contributed by atoms with Crippen LogP contribution in [0, 0.1) is 6.92 Å². The number of carbonyl (C=O) groups is 1. The van der Waals surface area contributed by atoms with Crippen LogP contribution in [-0.4, -0.2) is 12.6 Å². The van der Waals surface area contributed by atoms with Gasteiger partial charge in [-0.1, -0.05) is 42.5 Å². The second-order valence-electron chi connectivity index (χ2n) is 5.18. The molecule has 0 radical (unpaired) electrons. The second-order valence-corrected chi connectivity index (χ2v) is 5.97. The maximum Gasteiger partial charge on any atom is 0.349 e. The van der Waals surface area contributed by atoms with E-state index in [4.69, 9.17) is 9.47 Å². The Morgan fingerprint density at radius 3 is 2.70 bits per heavy atom. The highest BCUT2D eigenvalue weighted by molar-refractivity contribution is 9.10. The zero-order valence-corrected chi connectivity index (χ0v) is 14.2. The predicted octanol–water partition coefficient (Wildman–Crippen LogP) is 4.90.